The van der Waals surface area contributed by atoms with Crippen molar-refractivity contribution in [2.45, 2.75) is 38.8 Å². The van der Waals surface area contributed by atoms with Crippen LogP contribution in [0.3, 0.4) is 0 Å². The van der Waals surface area contributed by atoms with Crippen molar-refractivity contribution in [1.29, 1.82) is 5.26 Å². The van der Waals surface area contributed by atoms with Gasteiger partial charge in [-0.05, 0) is 25.7 Å². The van der Waals surface area contributed by atoms with Crippen LogP contribution in [0, 0.1) is 11.5 Å². The number of guanidine groups is 1. The molecular weight excluding hydrogens is 268 g/mol. The number of nitrogens with one attached hydrogen (secondary N) is 2. The predicted octanol–water partition coefficient (Wildman–Crippen LogP) is 0.772. The average molecular weight is 290 g/mol. The van der Waals surface area contributed by atoms with Gasteiger partial charge < -0.3 is 14.6 Å². The van der Waals surface area contributed by atoms with Crippen molar-refractivity contribution in [2.24, 2.45) is 4.99 Å². The van der Waals surface area contributed by atoms with Gasteiger partial charge in [-0.25, -0.2) is 4.98 Å². The molecule has 1 aromatic heterocycles. The zero-order valence-electron chi connectivity index (χ0n) is 12.4. The normalized spacial score (nSPS) is 14.4. The minimum Gasteiger partial charge on any atom is -0.373 e. The van der Waals surface area contributed by atoms with Crippen LogP contribution in [0.15, 0.2) is 11.2 Å². The number of aromatic nitrogens is 2. The van der Waals surface area contributed by atoms with Crippen LogP contribution in [-0.2, 0) is 24.3 Å². The van der Waals surface area contributed by atoms with E-state index in [1.54, 1.807) is 7.05 Å². The number of fused-ring (bicyclic) bond motifs is 1. The monoisotopic (exact) mass is 290 g/mol. The Kier molecular flexibility index (Phi) is 6.03. The number of nitriles is 1. The number of hydrogen-bond donors (Lipinski definition) is 2. The molecule has 0 bridgehead atoms. The maximum absolute atomic E-state index is 8.50. The Morgan fingerprint density at radius 3 is 3.29 bits per heavy atom. The van der Waals surface area contributed by atoms with Crippen LogP contribution in [0.1, 0.15) is 30.8 Å². The Balaban J connectivity index is 1.62. The summed E-state index contributed by atoms with van der Waals surface area (Å²) in [5, 5.41) is 14.0. The molecule has 0 saturated heterocycles. The second-order valence-corrected chi connectivity index (χ2v) is 4.92. The lowest BCUT2D eigenvalue weighted by molar-refractivity contribution is 0.111. The summed E-state index contributed by atoms with van der Waals surface area (Å²) in [6.45, 7) is 2.98. The zero-order valence-corrected chi connectivity index (χ0v) is 12.4. The molecule has 1 aromatic rings. The molecule has 0 unspecified atom stereocenters. The van der Waals surface area contributed by atoms with Gasteiger partial charge in [-0.3, -0.25) is 10.3 Å². The number of nitrogens with zero attached hydrogens (tertiary/aromatic N) is 4. The molecular formula is C14H22N6O. The molecule has 0 spiro atoms. The van der Waals surface area contributed by atoms with Gasteiger partial charge in [-0.2, -0.15) is 5.26 Å². The van der Waals surface area contributed by atoms with E-state index in [-0.39, 0.29) is 0 Å². The first kappa shape index (κ1) is 15.3. The molecule has 0 atom stereocenters. The molecule has 2 N–H and O–H groups in total. The molecule has 0 aliphatic carbocycles. The second-order valence-electron chi connectivity index (χ2n) is 4.92. The van der Waals surface area contributed by atoms with Gasteiger partial charge in [0.2, 0.25) is 5.96 Å². The molecule has 1 aliphatic rings. The SMILES string of the molecule is CN=C(NC#N)NCCCOCc1ncc2n1CCCC2. The number of aliphatic imine (C=N–C) groups is 1. The third-order valence-electron chi connectivity index (χ3n) is 3.47. The first-order valence-corrected chi connectivity index (χ1v) is 7.32. The predicted molar refractivity (Wildman–Crippen MR) is 79.5 cm³/mol. The summed E-state index contributed by atoms with van der Waals surface area (Å²) in [7, 11) is 1.63. The first-order valence-electron chi connectivity index (χ1n) is 7.32. The van der Waals surface area contributed by atoms with Crippen LogP contribution in [0.25, 0.3) is 0 Å². The molecule has 0 amide bonds. The van der Waals surface area contributed by atoms with E-state index in [1.807, 2.05) is 12.4 Å². The Labute approximate surface area is 125 Å². The fourth-order valence-corrected chi connectivity index (χ4v) is 2.39. The fraction of sp³-hybridized carbons (Fsp3) is 0.643. The topological polar surface area (TPSA) is 87.3 Å². The molecule has 7 heteroatoms. The summed E-state index contributed by atoms with van der Waals surface area (Å²) in [5.74, 6) is 1.51. The van der Waals surface area contributed by atoms with Gasteiger partial charge in [0.1, 0.15) is 12.4 Å². The van der Waals surface area contributed by atoms with E-state index < -0.39 is 0 Å². The number of aryl methyl sites for hydroxylation is 1. The van der Waals surface area contributed by atoms with Gasteiger partial charge in [-0.1, -0.05) is 0 Å². The summed E-state index contributed by atoms with van der Waals surface area (Å²) >= 11 is 0. The van der Waals surface area contributed by atoms with Gasteiger partial charge in [0.05, 0.1) is 0 Å². The molecule has 1 aliphatic heterocycles. The smallest absolute Gasteiger partial charge is 0.204 e. The highest BCUT2D eigenvalue weighted by molar-refractivity contribution is 5.80. The van der Waals surface area contributed by atoms with Crippen molar-refractivity contribution in [3.8, 4) is 6.19 Å². The number of ether oxygens (including phenoxy) is 1. The first-order chi connectivity index (χ1) is 10.3. The van der Waals surface area contributed by atoms with Gasteiger partial charge >= 0.3 is 0 Å². The molecule has 0 aromatic carbocycles. The van der Waals surface area contributed by atoms with Crippen LogP contribution in [0.4, 0.5) is 0 Å². The van der Waals surface area contributed by atoms with E-state index in [1.165, 1.54) is 18.5 Å². The van der Waals surface area contributed by atoms with Gasteiger partial charge in [-0.15, -0.1) is 0 Å². The van der Waals surface area contributed by atoms with Crippen molar-refractivity contribution in [2.75, 3.05) is 20.2 Å². The minimum absolute atomic E-state index is 0.486. The lowest BCUT2D eigenvalue weighted by atomic mass is 10.1. The Hall–Kier alpha value is -2.07. The maximum Gasteiger partial charge on any atom is 0.204 e. The summed E-state index contributed by atoms with van der Waals surface area (Å²) < 4.78 is 7.95. The highest BCUT2D eigenvalue weighted by Crippen LogP contribution is 2.16. The summed E-state index contributed by atoms with van der Waals surface area (Å²) in [4.78, 5) is 8.34. The summed E-state index contributed by atoms with van der Waals surface area (Å²) in [6, 6.07) is 0. The fourth-order valence-electron chi connectivity index (χ4n) is 2.39. The number of rotatable bonds is 6. The largest absolute Gasteiger partial charge is 0.373 e. The highest BCUT2D eigenvalue weighted by atomic mass is 16.5. The van der Waals surface area contributed by atoms with E-state index in [4.69, 9.17) is 10.00 Å². The third kappa shape index (κ3) is 4.46. The lowest BCUT2D eigenvalue weighted by Gasteiger charge is -2.16. The van der Waals surface area contributed by atoms with Crippen molar-refractivity contribution >= 4 is 5.96 Å². The molecule has 2 heterocycles. The average Bonchev–Trinajstić information content (AvgIpc) is 2.93. The van der Waals surface area contributed by atoms with E-state index in [0.717, 1.165) is 25.2 Å². The Morgan fingerprint density at radius 2 is 2.48 bits per heavy atom. The van der Waals surface area contributed by atoms with Crippen LogP contribution in [0.5, 0.6) is 0 Å². The summed E-state index contributed by atoms with van der Waals surface area (Å²) in [6.07, 6.45) is 8.26. The Bertz CT molecular complexity index is 516. The van der Waals surface area contributed by atoms with Crippen LogP contribution >= 0.6 is 0 Å². The molecule has 2 rings (SSSR count). The molecule has 0 saturated carbocycles. The van der Waals surface area contributed by atoms with Crippen LogP contribution in [-0.4, -0.2) is 35.7 Å². The van der Waals surface area contributed by atoms with E-state index >= 15 is 0 Å². The Morgan fingerprint density at radius 1 is 1.57 bits per heavy atom. The van der Waals surface area contributed by atoms with Crippen molar-refractivity contribution in [3.05, 3.63) is 17.7 Å². The van der Waals surface area contributed by atoms with Crippen molar-refractivity contribution < 1.29 is 4.74 Å². The standard InChI is InChI=1S/C14H22N6O/c1-16-14(19-11-15)17-6-4-8-21-10-13-18-9-12-5-2-3-7-20(12)13/h9H,2-8,10H2,1H3,(H2,16,17,19). The number of hydrogen-bond acceptors (Lipinski definition) is 4. The van der Waals surface area contributed by atoms with E-state index in [9.17, 15) is 0 Å². The zero-order chi connectivity index (χ0) is 14.9. The maximum atomic E-state index is 8.50. The van der Waals surface area contributed by atoms with Crippen LogP contribution < -0.4 is 10.6 Å². The number of imidazole rings is 1. The molecule has 0 fully saturated rings. The van der Waals surface area contributed by atoms with Crippen molar-refractivity contribution in [1.82, 2.24) is 20.2 Å². The summed E-state index contributed by atoms with van der Waals surface area (Å²) in [5.41, 5.74) is 1.33. The quantitative estimate of drug-likeness (QED) is 0.266. The molecule has 114 valence electrons. The van der Waals surface area contributed by atoms with Crippen LogP contribution in [0.2, 0.25) is 0 Å². The minimum atomic E-state index is 0.486. The molecule has 21 heavy (non-hydrogen) atoms. The lowest BCUT2D eigenvalue weighted by Crippen LogP contribution is -2.35. The van der Waals surface area contributed by atoms with Gasteiger partial charge in [0.15, 0.2) is 6.19 Å². The third-order valence-corrected chi connectivity index (χ3v) is 3.47. The van der Waals surface area contributed by atoms with Gasteiger partial charge in [0.25, 0.3) is 0 Å². The van der Waals surface area contributed by atoms with Crippen molar-refractivity contribution in [3.63, 3.8) is 0 Å². The molecule has 0 radical (unpaired) electrons. The van der Waals surface area contributed by atoms with E-state index in [2.05, 4.69) is 25.2 Å². The van der Waals surface area contributed by atoms with E-state index in [0.29, 0.717) is 25.7 Å². The molecule has 7 nitrogen and oxygen atoms in total. The van der Waals surface area contributed by atoms with Gasteiger partial charge in [0, 0.05) is 38.6 Å². The highest BCUT2D eigenvalue weighted by Gasteiger charge is 2.13. The second kappa shape index (κ2) is 8.27.